The maximum Gasteiger partial charge on any atom is 0.305 e. The van der Waals surface area contributed by atoms with Crippen LogP contribution in [0.3, 0.4) is 0 Å². The fourth-order valence-electron chi connectivity index (χ4n) is 3.33. The second-order valence-corrected chi connectivity index (χ2v) is 7.43. The Morgan fingerprint density at radius 2 is 1.56 bits per heavy atom. The highest BCUT2D eigenvalue weighted by atomic mass is 35.5. The van der Waals surface area contributed by atoms with Crippen LogP contribution < -0.4 is 5.32 Å². The fourth-order valence-corrected chi connectivity index (χ4v) is 3.59. The van der Waals surface area contributed by atoms with Gasteiger partial charge in [-0.15, -0.1) is 5.10 Å². The normalized spacial score (nSPS) is 11.7. The Balaban J connectivity index is 1.71. The number of carbonyl (C=O) groups is 2. The number of halogens is 1. The van der Waals surface area contributed by atoms with Crippen molar-refractivity contribution in [2.75, 3.05) is 0 Å². The Labute approximate surface area is 189 Å². The maximum absolute atomic E-state index is 13.1. The minimum Gasteiger partial charge on any atom is -0.481 e. The van der Waals surface area contributed by atoms with E-state index in [1.165, 1.54) is 0 Å². The number of carboxylic acids is 1. The number of aromatic nitrogens is 3. The number of amides is 1. The molecule has 7 nitrogen and oxygen atoms in total. The Hall–Kier alpha value is -3.97. The lowest BCUT2D eigenvalue weighted by Crippen LogP contribution is -2.31. The summed E-state index contributed by atoms with van der Waals surface area (Å²) in [5, 5.41) is 16.8. The number of rotatable bonds is 7. The van der Waals surface area contributed by atoms with Crippen LogP contribution in [0.25, 0.3) is 17.1 Å². The molecule has 1 atom stereocenters. The maximum atomic E-state index is 13.1. The van der Waals surface area contributed by atoms with Gasteiger partial charge in [-0.1, -0.05) is 78.3 Å². The highest BCUT2D eigenvalue weighted by Crippen LogP contribution is 2.26. The van der Waals surface area contributed by atoms with Crippen LogP contribution in [0, 0.1) is 0 Å². The van der Waals surface area contributed by atoms with Gasteiger partial charge in [-0.2, -0.15) is 0 Å². The number of aliphatic carboxylic acids is 1. The second kappa shape index (κ2) is 9.45. The van der Waals surface area contributed by atoms with Crippen molar-refractivity contribution in [2.45, 2.75) is 12.5 Å². The molecule has 0 saturated carbocycles. The molecule has 0 aliphatic heterocycles. The molecule has 0 aliphatic carbocycles. The largest absolute Gasteiger partial charge is 0.481 e. The summed E-state index contributed by atoms with van der Waals surface area (Å²) in [6.07, 6.45) is -0.333. The summed E-state index contributed by atoms with van der Waals surface area (Å²) in [6, 6.07) is 24.7. The summed E-state index contributed by atoms with van der Waals surface area (Å²) in [7, 11) is 0. The third-order valence-corrected chi connectivity index (χ3v) is 5.15. The molecule has 160 valence electrons. The topological polar surface area (TPSA) is 97.1 Å². The summed E-state index contributed by atoms with van der Waals surface area (Å²) in [5.41, 5.74) is 2.04. The van der Waals surface area contributed by atoms with Crippen LogP contribution in [-0.2, 0) is 4.79 Å². The van der Waals surface area contributed by atoms with Crippen LogP contribution in [-0.4, -0.2) is 31.7 Å². The number of carboxylic acid groups (broad SMARTS) is 1. The molecule has 0 unspecified atom stereocenters. The molecule has 0 spiro atoms. The molecule has 0 radical (unpaired) electrons. The van der Waals surface area contributed by atoms with E-state index in [9.17, 15) is 14.7 Å². The Morgan fingerprint density at radius 1 is 0.938 bits per heavy atom. The van der Waals surface area contributed by atoms with E-state index >= 15 is 0 Å². The van der Waals surface area contributed by atoms with E-state index in [2.05, 4.69) is 15.4 Å². The van der Waals surface area contributed by atoms with Crippen LogP contribution in [0.15, 0.2) is 84.9 Å². The van der Waals surface area contributed by atoms with E-state index < -0.39 is 17.9 Å². The molecule has 0 saturated heterocycles. The molecule has 2 N–H and O–H groups in total. The number of hydrogen-bond donors (Lipinski definition) is 2. The van der Waals surface area contributed by atoms with Crippen molar-refractivity contribution in [3.8, 4) is 17.1 Å². The average Bonchev–Trinajstić information content (AvgIpc) is 3.26. The van der Waals surface area contributed by atoms with E-state index in [4.69, 9.17) is 11.6 Å². The van der Waals surface area contributed by atoms with Crippen molar-refractivity contribution in [1.82, 2.24) is 20.1 Å². The van der Waals surface area contributed by atoms with Crippen molar-refractivity contribution in [3.05, 3.63) is 101 Å². The second-order valence-electron chi connectivity index (χ2n) is 7.02. The molecule has 0 aliphatic rings. The fraction of sp³-hybridized carbons (Fsp3) is 0.0833. The molecule has 1 aromatic heterocycles. The molecule has 3 aromatic carbocycles. The highest BCUT2D eigenvalue weighted by Gasteiger charge is 2.24. The number of para-hydroxylation sites is 1. The number of nitrogens with one attached hydrogen (secondary N) is 1. The molecule has 4 aromatic rings. The van der Waals surface area contributed by atoms with Crippen LogP contribution >= 0.6 is 11.6 Å². The third kappa shape index (κ3) is 4.68. The van der Waals surface area contributed by atoms with Crippen molar-refractivity contribution in [2.24, 2.45) is 0 Å². The van der Waals surface area contributed by atoms with Gasteiger partial charge in [-0.25, -0.2) is 9.67 Å². The van der Waals surface area contributed by atoms with Gasteiger partial charge in [0.2, 0.25) is 5.82 Å². The SMILES string of the molecule is O=C(O)C[C@H](NC(=O)c1nc(-c2ccccc2)n(-c2ccccc2)n1)c1ccccc1Cl. The quantitative estimate of drug-likeness (QED) is 0.434. The van der Waals surface area contributed by atoms with E-state index in [0.29, 0.717) is 16.4 Å². The first-order chi connectivity index (χ1) is 15.5. The lowest BCUT2D eigenvalue weighted by molar-refractivity contribution is -0.137. The predicted molar refractivity (Wildman–Crippen MR) is 121 cm³/mol. The van der Waals surface area contributed by atoms with E-state index in [0.717, 1.165) is 11.3 Å². The number of nitrogens with zero attached hydrogens (tertiary/aromatic N) is 3. The zero-order valence-electron chi connectivity index (χ0n) is 16.9. The van der Waals surface area contributed by atoms with Gasteiger partial charge in [-0.05, 0) is 23.8 Å². The van der Waals surface area contributed by atoms with E-state index in [1.54, 1.807) is 28.9 Å². The number of hydrogen-bond acceptors (Lipinski definition) is 4. The first-order valence-corrected chi connectivity index (χ1v) is 10.3. The summed E-state index contributed by atoms with van der Waals surface area (Å²) >= 11 is 6.24. The summed E-state index contributed by atoms with van der Waals surface area (Å²) in [5.74, 6) is -1.24. The van der Waals surface area contributed by atoms with Gasteiger partial charge in [0.1, 0.15) is 0 Å². The van der Waals surface area contributed by atoms with Gasteiger partial charge < -0.3 is 10.4 Å². The lowest BCUT2D eigenvalue weighted by Gasteiger charge is -2.17. The number of carbonyl (C=O) groups excluding carboxylic acids is 1. The molecule has 8 heteroatoms. The molecular weight excluding hydrogens is 428 g/mol. The smallest absolute Gasteiger partial charge is 0.305 e. The molecule has 1 heterocycles. The molecule has 32 heavy (non-hydrogen) atoms. The Kier molecular flexibility index (Phi) is 6.28. The standard InChI is InChI=1S/C24H19ClN4O3/c25-19-14-8-7-13-18(19)20(15-21(30)31)26-24(32)22-27-23(16-9-3-1-4-10-16)29(28-22)17-11-5-2-6-12-17/h1-14,20H,15H2,(H,26,32)(H,30,31)/t20-/m0/s1. The molecule has 1 amide bonds. The van der Waals surface area contributed by atoms with Gasteiger partial charge in [0, 0.05) is 10.6 Å². The third-order valence-electron chi connectivity index (χ3n) is 4.81. The van der Waals surface area contributed by atoms with Gasteiger partial charge in [0.25, 0.3) is 5.91 Å². The van der Waals surface area contributed by atoms with Gasteiger partial charge in [-0.3, -0.25) is 9.59 Å². The Bertz CT molecular complexity index is 1190. The summed E-state index contributed by atoms with van der Waals surface area (Å²) in [4.78, 5) is 28.9. The average molecular weight is 447 g/mol. The van der Waals surface area contributed by atoms with Gasteiger partial charge in [0.15, 0.2) is 5.82 Å². The van der Waals surface area contributed by atoms with Gasteiger partial charge >= 0.3 is 5.97 Å². The lowest BCUT2D eigenvalue weighted by atomic mass is 10.0. The van der Waals surface area contributed by atoms with Crippen molar-refractivity contribution in [3.63, 3.8) is 0 Å². The minimum atomic E-state index is -1.07. The molecule has 4 rings (SSSR count). The number of benzene rings is 3. The van der Waals surface area contributed by atoms with Crippen molar-refractivity contribution < 1.29 is 14.7 Å². The highest BCUT2D eigenvalue weighted by molar-refractivity contribution is 6.31. The first kappa shape index (κ1) is 21.3. The van der Waals surface area contributed by atoms with Crippen LogP contribution in [0.4, 0.5) is 0 Å². The van der Waals surface area contributed by atoms with Crippen LogP contribution in [0.5, 0.6) is 0 Å². The van der Waals surface area contributed by atoms with Crippen molar-refractivity contribution >= 4 is 23.5 Å². The van der Waals surface area contributed by atoms with Crippen LogP contribution in [0.2, 0.25) is 5.02 Å². The first-order valence-electron chi connectivity index (χ1n) is 9.88. The summed E-state index contributed by atoms with van der Waals surface area (Å²) in [6.45, 7) is 0. The summed E-state index contributed by atoms with van der Waals surface area (Å²) < 4.78 is 1.59. The molecule has 0 bridgehead atoms. The van der Waals surface area contributed by atoms with E-state index in [1.807, 2.05) is 60.7 Å². The van der Waals surface area contributed by atoms with Crippen LogP contribution in [0.1, 0.15) is 28.6 Å². The zero-order valence-corrected chi connectivity index (χ0v) is 17.6. The monoisotopic (exact) mass is 446 g/mol. The van der Waals surface area contributed by atoms with Gasteiger partial charge in [0.05, 0.1) is 18.2 Å². The minimum absolute atomic E-state index is 0.0739. The van der Waals surface area contributed by atoms with E-state index in [-0.39, 0.29) is 12.2 Å². The predicted octanol–water partition coefficient (Wildman–Crippen LogP) is 4.53. The van der Waals surface area contributed by atoms with Crippen molar-refractivity contribution in [1.29, 1.82) is 0 Å². The Morgan fingerprint density at radius 3 is 2.22 bits per heavy atom. The molecular formula is C24H19ClN4O3. The molecule has 0 fully saturated rings. The zero-order chi connectivity index (χ0) is 22.5.